The van der Waals surface area contributed by atoms with E-state index < -0.39 is 0 Å². The van der Waals surface area contributed by atoms with Crippen LogP contribution < -0.4 is 10.2 Å². The summed E-state index contributed by atoms with van der Waals surface area (Å²) in [5, 5.41) is 8.22. The van der Waals surface area contributed by atoms with E-state index in [9.17, 15) is 0 Å². The fourth-order valence-electron chi connectivity index (χ4n) is 3.39. The fourth-order valence-corrected chi connectivity index (χ4v) is 3.39. The molecular weight excluding hydrogens is 310 g/mol. The average molecular weight is 335 g/mol. The van der Waals surface area contributed by atoms with E-state index in [-0.39, 0.29) is 0 Å². The molecular formula is C20H25N5. The summed E-state index contributed by atoms with van der Waals surface area (Å²) in [6.45, 7) is 8.52. The third-order valence-corrected chi connectivity index (χ3v) is 4.88. The Morgan fingerprint density at radius 2 is 1.92 bits per heavy atom. The third-order valence-electron chi connectivity index (χ3n) is 4.88. The minimum Gasteiger partial charge on any atom is -0.354 e. The molecule has 0 saturated carbocycles. The first-order valence-corrected chi connectivity index (χ1v) is 9.13. The number of nitrogens with one attached hydrogen (secondary N) is 1. The number of rotatable bonds is 3. The monoisotopic (exact) mass is 335 g/mol. The highest BCUT2D eigenvalue weighted by Gasteiger charge is 2.16. The summed E-state index contributed by atoms with van der Waals surface area (Å²) in [6, 6.07) is 10.9. The van der Waals surface area contributed by atoms with Gasteiger partial charge in [-0.1, -0.05) is 38.1 Å². The lowest BCUT2D eigenvalue weighted by Gasteiger charge is -2.21. The molecule has 5 nitrogen and oxygen atoms in total. The van der Waals surface area contributed by atoms with Gasteiger partial charge in [-0.05, 0) is 30.5 Å². The van der Waals surface area contributed by atoms with Crippen LogP contribution in [0.15, 0.2) is 42.7 Å². The van der Waals surface area contributed by atoms with Gasteiger partial charge in [-0.3, -0.25) is 0 Å². The van der Waals surface area contributed by atoms with Crippen LogP contribution in [-0.4, -0.2) is 40.8 Å². The number of nitrogens with zero attached hydrogens (tertiary/aromatic N) is 4. The van der Waals surface area contributed by atoms with Crippen LogP contribution in [0.25, 0.3) is 16.8 Å². The first kappa shape index (κ1) is 16.1. The van der Waals surface area contributed by atoms with Crippen molar-refractivity contribution < 1.29 is 0 Å². The van der Waals surface area contributed by atoms with Gasteiger partial charge < -0.3 is 10.2 Å². The van der Waals surface area contributed by atoms with Crippen LogP contribution in [-0.2, 0) is 0 Å². The van der Waals surface area contributed by atoms with Gasteiger partial charge in [-0.2, -0.15) is 5.10 Å². The highest BCUT2D eigenvalue weighted by molar-refractivity contribution is 5.75. The van der Waals surface area contributed by atoms with Gasteiger partial charge in [0.2, 0.25) is 0 Å². The zero-order valence-corrected chi connectivity index (χ0v) is 14.9. The first-order chi connectivity index (χ1) is 12.2. The normalized spacial score (nSPS) is 15.7. The summed E-state index contributed by atoms with van der Waals surface area (Å²) in [4.78, 5) is 7.02. The Bertz CT molecular complexity index is 842. The maximum absolute atomic E-state index is 4.77. The van der Waals surface area contributed by atoms with Crippen LogP contribution >= 0.6 is 0 Å². The molecule has 3 aromatic rings. The molecule has 0 aliphatic carbocycles. The molecule has 130 valence electrons. The number of hydrogen-bond donors (Lipinski definition) is 1. The Balaban J connectivity index is 1.71. The Labute approximate surface area is 148 Å². The van der Waals surface area contributed by atoms with E-state index in [4.69, 9.17) is 5.10 Å². The second kappa shape index (κ2) is 6.84. The molecule has 0 spiro atoms. The smallest absolute Gasteiger partial charge is 0.154 e. The topological polar surface area (TPSA) is 45.5 Å². The maximum Gasteiger partial charge on any atom is 0.154 e. The van der Waals surface area contributed by atoms with E-state index in [1.165, 1.54) is 5.56 Å². The number of hydrogen-bond acceptors (Lipinski definition) is 4. The Morgan fingerprint density at radius 1 is 1.08 bits per heavy atom. The molecule has 0 radical (unpaired) electrons. The van der Waals surface area contributed by atoms with Crippen LogP contribution in [0.4, 0.5) is 5.82 Å². The number of aromatic nitrogens is 3. The van der Waals surface area contributed by atoms with Crippen LogP contribution in [0.3, 0.4) is 0 Å². The molecule has 1 aliphatic heterocycles. The van der Waals surface area contributed by atoms with Crippen molar-refractivity contribution in [2.45, 2.75) is 26.2 Å². The van der Waals surface area contributed by atoms with Crippen molar-refractivity contribution in [3.05, 3.63) is 48.3 Å². The van der Waals surface area contributed by atoms with Gasteiger partial charge in [0.15, 0.2) is 5.82 Å². The highest BCUT2D eigenvalue weighted by Crippen LogP contribution is 2.26. The van der Waals surface area contributed by atoms with Gasteiger partial charge in [-0.15, -0.1) is 0 Å². The molecule has 2 aromatic heterocycles. The van der Waals surface area contributed by atoms with Crippen molar-refractivity contribution in [3.63, 3.8) is 0 Å². The van der Waals surface area contributed by atoms with Crippen LogP contribution in [0, 0.1) is 0 Å². The summed E-state index contributed by atoms with van der Waals surface area (Å²) in [6.07, 6.45) is 4.92. The molecule has 5 heteroatoms. The molecule has 1 N–H and O–H groups in total. The standard InChI is InChI=1S/C20H25N5/c1-15(2)16-4-6-17(7-5-16)18-14-19-20(22-10-13-25(19)23-18)24-11-3-8-21-9-12-24/h4-7,10,13-15,21H,3,8-9,11-12H2,1-2H3. The lowest BCUT2D eigenvalue weighted by Crippen LogP contribution is -2.29. The summed E-state index contributed by atoms with van der Waals surface area (Å²) in [7, 11) is 0. The number of fused-ring (bicyclic) bond motifs is 1. The van der Waals surface area contributed by atoms with E-state index in [1.54, 1.807) is 0 Å². The zero-order chi connectivity index (χ0) is 17.2. The third kappa shape index (κ3) is 3.24. The fraction of sp³-hybridized carbons (Fsp3) is 0.400. The predicted octanol–water partition coefficient (Wildman–Crippen LogP) is 3.32. The predicted molar refractivity (Wildman–Crippen MR) is 102 cm³/mol. The maximum atomic E-state index is 4.77. The largest absolute Gasteiger partial charge is 0.354 e. The summed E-state index contributed by atoms with van der Waals surface area (Å²) >= 11 is 0. The summed E-state index contributed by atoms with van der Waals surface area (Å²) in [5.41, 5.74) is 4.58. The molecule has 0 unspecified atom stereocenters. The van der Waals surface area contributed by atoms with Gasteiger partial charge in [0.1, 0.15) is 5.52 Å². The Hall–Kier alpha value is -2.40. The minimum atomic E-state index is 0.544. The molecule has 1 aliphatic rings. The Kier molecular flexibility index (Phi) is 4.40. The molecule has 0 bridgehead atoms. The molecule has 1 fully saturated rings. The zero-order valence-electron chi connectivity index (χ0n) is 14.9. The van der Waals surface area contributed by atoms with Gasteiger partial charge in [0, 0.05) is 37.6 Å². The van der Waals surface area contributed by atoms with Gasteiger partial charge in [0.05, 0.1) is 5.69 Å². The van der Waals surface area contributed by atoms with Crippen molar-refractivity contribution in [2.24, 2.45) is 0 Å². The molecule has 25 heavy (non-hydrogen) atoms. The second-order valence-electron chi connectivity index (χ2n) is 6.98. The SMILES string of the molecule is CC(C)c1ccc(-c2cc3c(N4CCCNCC4)nccn3n2)cc1. The minimum absolute atomic E-state index is 0.544. The van der Waals surface area contributed by atoms with Crippen molar-refractivity contribution >= 4 is 11.3 Å². The highest BCUT2D eigenvalue weighted by atomic mass is 15.3. The van der Waals surface area contributed by atoms with Crippen molar-refractivity contribution in [3.8, 4) is 11.3 Å². The van der Waals surface area contributed by atoms with Crippen molar-refractivity contribution in [1.82, 2.24) is 19.9 Å². The molecule has 4 rings (SSSR count). The summed E-state index contributed by atoms with van der Waals surface area (Å²) < 4.78 is 1.95. The van der Waals surface area contributed by atoms with Crippen LogP contribution in [0.2, 0.25) is 0 Å². The van der Waals surface area contributed by atoms with E-state index in [0.717, 1.165) is 55.2 Å². The second-order valence-corrected chi connectivity index (χ2v) is 6.98. The number of anilines is 1. The molecule has 1 saturated heterocycles. The molecule has 0 atom stereocenters. The van der Waals surface area contributed by atoms with E-state index in [2.05, 4.69) is 59.4 Å². The molecule has 1 aromatic carbocycles. The average Bonchev–Trinajstić information content (AvgIpc) is 2.89. The van der Waals surface area contributed by atoms with E-state index in [0.29, 0.717) is 5.92 Å². The van der Waals surface area contributed by atoms with Crippen LogP contribution in [0.1, 0.15) is 31.7 Å². The Morgan fingerprint density at radius 3 is 2.72 bits per heavy atom. The lowest BCUT2D eigenvalue weighted by molar-refractivity contribution is 0.724. The quantitative estimate of drug-likeness (QED) is 0.797. The van der Waals surface area contributed by atoms with Crippen molar-refractivity contribution in [2.75, 3.05) is 31.1 Å². The van der Waals surface area contributed by atoms with E-state index in [1.807, 2.05) is 16.9 Å². The first-order valence-electron chi connectivity index (χ1n) is 9.13. The van der Waals surface area contributed by atoms with Gasteiger partial charge in [0.25, 0.3) is 0 Å². The van der Waals surface area contributed by atoms with Gasteiger partial charge in [-0.25, -0.2) is 9.50 Å². The van der Waals surface area contributed by atoms with Crippen molar-refractivity contribution in [1.29, 1.82) is 0 Å². The molecule has 3 heterocycles. The lowest BCUT2D eigenvalue weighted by atomic mass is 10.0. The van der Waals surface area contributed by atoms with Crippen LogP contribution in [0.5, 0.6) is 0 Å². The molecule has 0 amide bonds. The number of benzene rings is 1. The summed E-state index contributed by atoms with van der Waals surface area (Å²) in [5.74, 6) is 1.58. The van der Waals surface area contributed by atoms with Gasteiger partial charge >= 0.3 is 0 Å². The van der Waals surface area contributed by atoms with E-state index >= 15 is 0 Å².